The lowest BCUT2D eigenvalue weighted by molar-refractivity contribution is 0.269. The Morgan fingerprint density at radius 1 is 1.30 bits per heavy atom. The smallest absolute Gasteiger partial charge is 0.164 e. The molecule has 1 aromatic rings. The predicted octanol–water partition coefficient (Wildman–Crippen LogP) is 4.05. The second-order valence-corrected chi connectivity index (χ2v) is 5.94. The van der Waals surface area contributed by atoms with E-state index in [0.29, 0.717) is 23.3 Å². The monoisotopic (exact) mass is 299 g/mol. The van der Waals surface area contributed by atoms with Crippen molar-refractivity contribution in [2.75, 3.05) is 13.7 Å². The fraction of sp³-hybridized carbons (Fsp3) is 0.625. The standard InChI is InChI=1S/C16H26ClNO2/c1-5-14(18)9-12-8-13(17)10-15(19-4)16(12)20-7-6-11(2)3/h8,10-11,14H,5-7,9,18H2,1-4H3. The van der Waals surface area contributed by atoms with Gasteiger partial charge in [-0.05, 0) is 31.2 Å². The number of nitrogens with two attached hydrogens (primary N) is 1. The Hall–Kier alpha value is -0.930. The summed E-state index contributed by atoms with van der Waals surface area (Å²) < 4.78 is 11.3. The van der Waals surface area contributed by atoms with Crippen LogP contribution in [0.4, 0.5) is 0 Å². The van der Waals surface area contributed by atoms with Crippen molar-refractivity contribution in [2.45, 2.75) is 46.1 Å². The maximum atomic E-state index is 6.14. The summed E-state index contributed by atoms with van der Waals surface area (Å²) in [6, 6.07) is 3.81. The molecule has 114 valence electrons. The molecule has 1 unspecified atom stereocenters. The minimum absolute atomic E-state index is 0.102. The highest BCUT2D eigenvalue weighted by Crippen LogP contribution is 2.35. The fourth-order valence-electron chi connectivity index (χ4n) is 1.91. The van der Waals surface area contributed by atoms with E-state index >= 15 is 0 Å². The van der Waals surface area contributed by atoms with E-state index in [4.69, 9.17) is 26.8 Å². The van der Waals surface area contributed by atoms with Gasteiger partial charge in [-0.3, -0.25) is 0 Å². The third-order valence-corrected chi connectivity index (χ3v) is 3.48. The molecule has 0 amide bonds. The molecule has 0 heterocycles. The number of hydrogen-bond acceptors (Lipinski definition) is 3. The van der Waals surface area contributed by atoms with E-state index in [9.17, 15) is 0 Å². The van der Waals surface area contributed by atoms with Crippen LogP contribution in [0.15, 0.2) is 12.1 Å². The Morgan fingerprint density at radius 2 is 2.00 bits per heavy atom. The molecule has 1 aromatic carbocycles. The summed E-state index contributed by atoms with van der Waals surface area (Å²) in [6.45, 7) is 7.10. The molecule has 0 aliphatic rings. The average molecular weight is 300 g/mol. The van der Waals surface area contributed by atoms with Gasteiger partial charge >= 0.3 is 0 Å². The summed E-state index contributed by atoms with van der Waals surface area (Å²) in [7, 11) is 1.63. The molecule has 4 heteroatoms. The van der Waals surface area contributed by atoms with Gasteiger partial charge in [-0.2, -0.15) is 0 Å². The van der Waals surface area contributed by atoms with Gasteiger partial charge in [-0.15, -0.1) is 0 Å². The van der Waals surface area contributed by atoms with Crippen molar-refractivity contribution in [3.05, 3.63) is 22.7 Å². The van der Waals surface area contributed by atoms with Gasteiger partial charge in [0.15, 0.2) is 11.5 Å². The van der Waals surface area contributed by atoms with E-state index in [1.54, 1.807) is 13.2 Å². The van der Waals surface area contributed by atoms with Gasteiger partial charge in [0.05, 0.1) is 13.7 Å². The number of ether oxygens (including phenoxy) is 2. The van der Waals surface area contributed by atoms with Gasteiger partial charge < -0.3 is 15.2 Å². The first-order valence-corrected chi connectivity index (χ1v) is 7.60. The van der Waals surface area contributed by atoms with Gasteiger partial charge in [0.25, 0.3) is 0 Å². The zero-order valence-corrected chi connectivity index (χ0v) is 13.7. The topological polar surface area (TPSA) is 44.5 Å². The normalized spacial score (nSPS) is 12.6. The first-order chi connectivity index (χ1) is 9.47. The van der Waals surface area contributed by atoms with Crippen molar-refractivity contribution in [2.24, 2.45) is 11.7 Å². The van der Waals surface area contributed by atoms with Crippen LogP contribution in [0.1, 0.15) is 39.2 Å². The maximum absolute atomic E-state index is 6.14. The fourth-order valence-corrected chi connectivity index (χ4v) is 2.14. The number of rotatable bonds is 8. The molecule has 1 atom stereocenters. The van der Waals surface area contributed by atoms with Gasteiger partial charge in [-0.25, -0.2) is 0 Å². The SMILES string of the molecule is CCC(N)Cc1cc(Cl)cc(OC)c1OCCC(C)C. The summed E-state index contributed by atoms with van der Waals surface area (Å²) >= 11 is 6.14. The minimum Gasteiger partial charge on any atom is -0.493 e. The molecule has 1 rings (SSSR count). The van der Waals surface area contributed by atoms with E-state index in [1.165, 1.54) is 0 Å². The molecule has 0 aliphatic heterocycles. The van der Waals surface area contributed by atoms with Crippen LogP contribution in [0.5, 0.6) is 11.5 Å². The Bertz CT molecular complexity index is 421. The van der Waals surface area contributed by atoms with Crippen molar-refractivity contribution in [1.82, 2.24) is 0 Å². The third kappa shape index (κ3) is 5.22. The van der Waals surface area contributed by atoms with Crippen LogP contribution >= 0.6 is 11.6 Å². The molecule has 0 saturated heterocycles. The molecule has 2 N–H and O–H groups in total. The lowest BCUT2D eigenvalue weighted by atomic mass is 10.0. The van der Waals surface area contributed by atoms with E-state index in [2.05, 4.69) is 20.8 Å². The van der Waals surface area contributed by atoms with Gasteiger partial charge in [-0.1, -0.05) is 32.4 Å². The van der Waals surface area contributed by atoms with Crippen LogP contribution in [-0.4, -0.2) is 19.8 Å². The van der Waals surface area contributed by atoms with Crippen LogP contribution in [0, 0.1) is 5.92 Å². The summed E-state index contributed by atoms with van der Waals surface area (Å²) in [5, 5.41) is 0.649. The third-order valence-electron chi connectivity index (χ3n) is 3.26. The quantitative estimate of drug-likeness (QED) is 0.787. The second-order valence-electron chi connectivity index (χ2n) is 5.50. The highest BCUT2D eigenvalue weighted by atomic mass is 35.5. The van der Waals surface area contributed by atoms with Crippen LogP contribution in [-0.2, 0) is 6.42 Å². The van der Waals surface area contributed by atoms with Crippen molar-refractivity contribution in [3.8, 4) is 11.5 Å². The zero-order valence-electron chi connectivity index (χ0n) is 12.9. The van der Waals surface area contributed by atoms with Crippen molar-refractivity contribution in [3.63, 3.8) is 0 Å². The van der Waals surface area contributed by atoms with E-state index in [-0.39, 0.29) is 6.04 Å². The molecule has 20 heavy (non-hydrogen) atoms. The first kappa shape index (κ1) is 17.1. The molecule has 0 spiro atoms. The van der Waals surface area contributed by atoms with Crippen LogP contribution in [0.3, 0.4) is 0 Å². The van der Waals surface area contributed by atoms with Gasteiger partial charge in [0, 0.05) is 22.7 Å². The number of benzene rings is 1. The highest BCUT2D eigenvalue weighted by molar-refractivity contribution is 6.30. The molecule has 0 bridgehead atoms. The lowest BCUT2D eigenvalue weighted by Crippen LogP contribution is -2.22. The molecular weight excluding hydrogens is 274 g/mol. The van der Waals surface area contributed by atoms with Crippen LogP contribution in [0.25, 0.3) is 0 Å². The maximum Gasteiger partial charge on any atom is 0.164 e. The van der Waals surface area contributed by atoms with Crippen molar-refractivity contribution >= 4 is 11.6 Å². The van der Waals surface area contributed by atoms with Crippen LogP contribution in [0.2, 0.25) is 5.02 Å². The zero-order chi connectivity index (χ0) is 15.1. The van der Waals surface area contributed by atoms with Gasteiger partial charge in [0.1, 0.15) is 0 Å². The second kappa shape index (κ2) is 8.38. The number of methoxy groups -OCH3 is 1. The van der Waals surface area contributed by atoms with E-state index in [1.807, 2.05) is 6.07 Å². The first-order valence-electron chi connectivity index (χ1n) is 7.22. The molecule has 0 aromatic heterocycles. The Balaban J connectivity index is 2.96. The highest BCUT2D eigenvalue weighted by Gasteiger charge is 2.15. The van der Waals surface area contributed by atoms with Gasteiger partial charge in [0.2, 0.25) is 0 Å². The van der Waals surface area contributed by atoms with Crippen molar-refractivity contribution < 1.29 is 9.47 Å². The Labute approximate surface area is 127 Å². The molecule has 0 fully saturated rings. The summed E-state index contributed by atoms with van der Waals surface area (Å²) in [5.41, 5.74) is 7.07. The average Bonchev–Trinajstić information content (AvgIpc) is 2.39. The van der Waals surface area contributed by atoms with E-state index < -0.39 is 0 Å². The van der Waals surface area contributed by atoms with Crippen molar-refractivity contribution in [1.29, 1.82) is 0 Å². The number of halogens is 1. The molecule has 0 radical (unpaired) electrons. The predicted molar refractivity (Wildman–Crippen MR) is 84.9 cm³/mol. The molecule has 0 saturated carbocycles. The summed E-state index contributed by atoms with van der Waals surface area (Å²) in [5.74, 6) is 2.07. The molecule has 0 aliphatic carbocycles. The molecular formula is C16H26ClNO2. The minimum atomic E-state index is 0.102. The van der Waals surface area contributed by atoms with Crippen LogP contribution < -0.4 is 15.2 Å². The summed E-state index contributed by atoms with van der Waals surface area (Å²) in [6.07, 6.45) is 2.66. The number of hydrogen-bond donors (Lipinski definition) is 1. The largest absolute Gasteiger partial charge is 0.493 e. The lowest BCUT2D eigenvalue weighted by Gasteiger charge is -2.18. The van der Waals surface area contributed by atoms with E-state index in [0.717, 1.165) is 30.6 Å². The Morgan fingerprint density at radius 3 is 2.55 bits per heavy atom. The molecule has 3 nitrogen and oxygen atoms in total. The summed E-state index contributed by atoms with van der Waals surface area (Å²) in [4.78, 5) is 0. The Kier molecular flexibility index (Phi) is 7.17.